The van der Waals surface area contributed by atoms with Gasteiger partial charge in [0.25, 0.3) is 0 Å². The van der Waals surface area contributed by atoms with Crippen molar-refractivity contribution in [2.24, 2.45) is 5.10 Å². The van der Waals surface area contributed by atoms with Crippen LogP contribution in [0.3, 0.4) is 0 Å². The summed E-state index contributed by atoms with van der Waals surface area (Å²) in [6.45, 7) is 1.95. The molecule has 0 unspecified atom stereocenters. The van der Waals surface area contributed by atoms with Crippen LogP contribution in [0.1, 0.15) is 25.3 Å². The Morgan fingerprint density at radius 1 is 1.19 bits per heavy atom. The highest BCUT2D eigenvalue weighted by molar-refractivity contribution is 6.35. The summed E-state index contributed by atoms with van der Waals surface area (Å²) in [4.78, 5) is 11.8. The molecule has 1 amide bonds. The molecule has 0 saturated carbocycles. The first-order valence-corrected chi connectivity index (χ1v) is 8.55. The number of phenolic OH excluding ortho intramolecular Hbond substituents is 2. The molecule has 0 atom stereocenters. The van der Waals surface area contributed by atoms with Crippen molar-refractivity contribution in [3.63, 3.8) is 0 Å². The van der Waals surface area contributed by atoms with Gasteiger partial charge in [0, 0.05) is 23.1 Å². The largest absolute Gasteiger partial charge is 0.508 e. The van der Waals surface area contributed by atoms with Gasteiger partial charge in [-0.25, -0.2) is 5.43 Å². The minimum atomic E-state index is -0.284. The van der Waals surface area contributed by atoms with Crippen molar-refractivity contribution in [1.82, 2.24) is 5.43 Å². The molecule has 26 heavy (non-hydrogen) atoms. The number of carbonyl (C=O) groups is 1. The number of ether oxygens (including phenoxy) is 1. The van der Waals surface area contributed by atoms with Gasteiger partial charge in [-0.2, -0.15) is 5.10 Å². The molecule has 0 bridgehead atoms. The van der Waals surface area contributed by atoms with Crippen molar-refractivity contribution in [3.05, 3.63) is 52.0 Å². The van der Waals surface area contributed by atoms with Crippen LogP contribution in [-0.2, 0) is 4.79 Å². The Hall–Kier alpha value is -2.44. The van der Waals surface area contributed by atoms with Gasteiger partial charge < -0.3 is 14.9 Å². The second kappa shape index (κ2) is 9.31. The van der Waals surface area contributed by atoms with Crippen LogP contribution in [0.2, 0.25) is 10.0 Å². The number of halogens is 2. The summed E-state index contributed by atoms with van der Waals surface area (Å²) in [6.07, 6.45) is 0.688. The number of carbonyl (C=O) groups excluding carboxylic acids is 1. The van der Waals surface area contributed by atoms with Crippen LogP contribution in [0, 0.1) is 0 Å². The van der Waals surface area contributed by atoms with Crippen LogP contribution in [0.15, 0.2) is 41.5 Å². The normalized spacial score (nSPS) is 11.3. The van der Waals surface area contributed by atoms with Gasteiger partial charge in [-0.15, -0.1) is 0 Å². The molecule has 0 heterocycles. The number of hydrogen-bond donors (Lipinski definition) is 3. The maximum Gasteiger partial charge on any atom is 0.240 e. The number of nitrogens with one attached hydrogen (secondary N) is 1. The Bertz CT molecular complexity index is 825. The average molecular weight is 397 g/mol. The van der Waals surface area contributed by atoms with Crippen LogP contribution < -0.4 is 10.2 Å². The molecule has 0 fully saturated rings. The van der Waals surface area contributed by atoms with E-state index in [9.17, 15) is 15.0 Å². The van der Waals surface area contributed by atoms with Crippen LogP contribution in [0.25, 0.3) is 0 Å². The molecular weight excluding hydrogens is 379 g/mol. The van der Waals surface area contributed by atoms with E-state index in [0.29, 0.717) is 40.1 Å². The zero-order valence-electron chi connectivity index (χ0n) is 14.0. The molecule has 0 aliphatic rings. The van der Waals surface area contributed by atoms with Gasteiger partial charge in [0.1, 0.15) is 17.2 Å². The summed E-state index contributed by atoms with van der Waals surface area (Å²) < 4.78 is 5.50. The number of nitrogens with zero attached hydrogens (tertiary/aromatic N) is 1. The number of hydrogen-bond acceptors (Lipinski definition) is 5. The second-order valence-corrected chi connectivity index (χ2v) is 6.30. The van der Waals surface area contributed by atoms with Crippen LogP contribution >= 0.6 is 23.2 Å². The van der Waals surface area contributed by atoms with E-state index in [4.69, 9.17) is 27.9 Å². The van der Waals surface area contributed by atoms with Crippen LogP contribution in [-0.4, -0.2) is 28.4 Å². The number of phenols is 2. The third-order valence-corrected chi connectivity index (χ3v) is 3.95. The molecule has 6 nitrogen and oxygen atoms in total. The summed E-state index contributed by atoms with van der Waals surface area (Å²) in [5.74, 6) is 0.0548. The van der Waals surface area contributed by atoms with E-state index >= 15 is 0 Å². The first kappa shape index (κ1) is 19.9. The summed E-state index contributed by atoms with van der Waals surface area (Å²) >= 11 is 11.8. The highest BCUT2D eigenvalue weighted by atomic mass is 35.5. The van der Waals surface area contributed by atoms with Crippen molar-refractivity contribution >= 4 is 34.8 Å². The van der Waals surface area contributed by atoms with Gasteiger partial charge in [0.15, 0.2) is 0 Å². The lowest BCUT2D eigenvalue weighted by Gasteiger charge is -2.08. The molecule has 138 valence electrons. The molecule has 2 aromatic rings. The van der Waals surface area contributed by atoms with Gasteiger partial charge in [-0.3, -0.25) is 4.79 Å². The minimum Gasteiger partial charge on any atom is -0.508 e. The quantitative estimate of drug-likeness (QED) is 0.373. The Balaban J connectivity index is 1.78. The summed E-state index contributed by atoms with van der Waals surface area (Å²) in [6, 6.07) is 9.07. The second-order valence-electron chi connectivity index (χ2n) is 5.46. The Labute approximate surface area is 161 Å². The predicted octanol–water partition coefficient (Wildman–Crippen LogP) is 4.10. The summed E-state index contributed by atoms with van der Waals surface area (Å²) in [5, 5.41) is 23.9. The first-order chi connectivity index (χ1) is 12.4. The van der Waals surface area contributed by atoms with Gasteiger partial charge in [-0.1, -0.05) is 23.2 Å². The maximum absolute atomic E-state index is 11.8. The molecule has 0 aromatic heterocycles. The van der Waals surface area contributed by atoms with Gasteiger partial charge >= 0.3 is 0 Å². The van der Waals surface area contributed by atoms with Crippen molar-refractivity contribution in [1.29, 1.82) is 0 Å². The standard InChI is InChI=1S/C18H18Cl2N2O4/c1-11(14-6-5-13(23)10-16(14)24)21-22-18(25)3-2-8-26-17-7-4-12(19)9-15(17)20/h4-7,9-10,23-24H,2-3,8H2,1H3,(H,22,25)/b21-11-. The number of aromatic hydroxyl groups is 2. The Morgan fingerprint density at radius 2 is 1.96 bits per heavy atom. The molecule has 0 spiro atoms. The molecule has 8 heteroatoms. The summed E-state index contributed by atoms with van der Waals surface area (Å²) in [5.41, 5.74) is 3.25. The fourth-order valence-corrected chi connectivity index (χ4v) is 2.56. The van der Waals surface area contributed by atoms with Gasteiger partial charge in [0.2, 0.25) is 5.91 Å². The van der Waals surface area contributed by atoms with Crippen molar-refractivity contribution < 1.29 is 19.7 Å². The monoisotopic (exact) mass is 396 g/mol. The SMILES string of the molecule is C/C(=N/NC(=O)CCCOc1ccc(Cl)cc1Cl)c1ccc(O)cc1O. The minimum absolute atomic E-state index is 0.0520. The predicted molar refractivity (Wildman–Crippen MR) is 101 cm³/mol. The number of hydrazone groups is 1. The lowest BCUT2D eigenvalue weighted by atomic mass is 10.1. The molecule has 2 rings (SSSR count). The van der Waals surface area contributed by atoms with E-state index in [0.717, 1.165) is 0 Å². The van der Waals surface area contributed by atoms with Crippen LogP contribution in [0.5, 0.6) is 17.2 Å². The van der Waals surface area contributed by atoms with Crippen molar-refractivity contribution in [3.8, 4) is 17.2 Å². The molecular formula is C18H18Cl2N2O4. The topological polar surface area (TPSA) is 91.2 Å². The molecule has 0 radical (unpaired) electrons. The average Bonchev–Trinajstić information content (AvgIpc) is 2.58. The van der Waals surface area contributed by atoms with E-state index in [1.807, 2.05) is 0 Å². The molecule has 2 aromatic carbocycles. The smallest absolute Gasteiger partial charge is 0.240 e. The molecule has 0 saturated heterocycles. The number of amides is 1. The fourth-order valence-electron chi connectivity index (χ4n) is 2.10. The molecule has 0 aliphatic heterocycles. The summed E-state index contributed by atoms with van der Waals surface area (Å²) in [7, 11) is 0. The third-order valence-electron chi connectivity index (χ3n) is 3.42. The lowest BCUT2D eigenvalue weighted by Crippen LogP contribution is -2.19. The first-order valence-electron chi connectivity index (χ1n) is 7.80. The maximum atomic E-state index is 11.8. The van der Waals surface area contributed by atoms with Crippen molar-refractivity contribution in [2.45, 2.75) is 19.8 Å². The Kier molecular flexibility index (Phi) is 7.12. The zero-order valence-corrected chi connectivity index (χ0v) is 15.5. The van der Waals surface area contributed by atoms with E-state index in [2.05, 4.69) is 10.5 Å². The van der Waals surface area contributed by atoms with E-state index < -0.39 is 0 Å². The lowest BCUT2D eigenvalue weighted by molar-refractivity contribution is -0.121. The third kappa shape index (κ3) is 5.82. The van der Waals surface area contributed by atoms with Gasteiger partial charge in [0.05, 0.1) is 17.3 Å². The van der Waals surface area contributed by atoms with E-state index in [1.165, 1.54) is 18.2 Å². The highest BCUT2D eigenvalue weighted by Gasteiger charge is 2.07. The number of benzene rings is 2. The highest BCUT2D eigenvalue weighted by Crippen LogP contribution is 2.27. The molecule has 0 aliphatic carbocycles. The molecule has 3 N–H and O–H groups in total. The Morgan fingerprint density at radius 3 is 2.65 bits per heavy atom. The fraction of sp³-hybridized carbons (Fsp3) is 0.222. The number of rotatable bonds is 7. The van der Waals surface area contributed by atoms with E-state index in [1.54, 1.807) is 25.1 Å². The zero-order chi connectivity index (χ0) is 19.1. The van der Waals surface area contributed by atoms with Crippen LogP contribution in [0.4, 0.5) is 0 Å². The van der Waals surface area contributed by atoms with Crippen molar-refractivity contribution in [2.75, 3.05) is 6.61 Å². The van der Waals surface area contributed by atoms with E-state index in [-0.39, 0.29) is 23.8 Å². The van der Waals surface area contributed by atoms with Gasteiger partial charge in [-0.05, 0) is 43.7 Å².